The Kier molecular flexibility index (Phi) is 11.1. The topological polar surface area (TPSA) is 115 Å². The quantitative estimate of drug-likeness (QED) is 0.0944. The van der Waals surface area contributed by atoms with Crippen molar-refractivity contribution in [1.29, 1.82) is 0 Å². The van der Waals surface area contributed by atoms with E-state index in [9.17, 15) is 14.4 Å². The number of anilines is 1. The van der Waals surface area contributed by atoms with E-state index in [0.717, 1.165) is 47.3 Å². The van der Waals surface area contributed by atoms with E-state index in [1.54, 1.807) is 38.1 Å². The number of halogens is 1. The number of nitrogens with zero attached hydrogens (tertiary/aromatic N) is 1. The summed E-state index contributed by atoms with van der Waals surface area (Å²) in [7, 11) is 0. The van der Waals surface area contributed by atoms with Gasteiger partial charge in [0.15, 0.2) is 6.10 Å². The van der Waals surface area contributed by atoms with Crippen LogP contribution in [0.5, 0.6) is 11.5 Å². The molecule has 1 aliphatic rings. The highest BCUT2D eigenvalue weighted by atomic mass is 35.5. The van der Waals surface area contributed by atoms with Gasteiger partial charge in [0.2, 0.25) is 0 Å². The van der Waals surface area contributed by atoms with Crippen molar-refractivity contribution in [3.63, 3.8) is 0 Å². The van der Waals surface area contributed by atoms with Crippen molar-refractivity contribution in [2.75, 3.05) is 11.9 Å². The predicted octanol–water partition coefficient (Wildman–Crippen LogP) is 7.21. The number of rotatable bonds is 12. The number of carbonyl (C=O) groups excluding carboxylic acids is 3. The van der Waals surface area contributed by atoms with Gasteiger partial charge in [0.1, 0.15) is 23.1 Å². The number of hydrogen-bond acceptors (Lipinski definition) is 8. The monoisotopic (exact) mass is 659 g/mol. The van der Waals surface area contributed by atoms with Gasteiger partial charge < -0.3 is 19.5 Å². The lowest BCUT2D eigenvalue weighted by atomic mass is 9.95. The van der Waals surface area contributed by atoms with Gasteiger partial charge in [0, 0.05) is 15.5 Å². The molecule has 0 aliphatic heterocycles. The van der Waals surface area contributed by atoms with Crippen LogP contribution in [0.1, 0.15) is 69.0 Å². The van der Waals surface area contributed by atoms with Gasteiger partial charge in [-0.05, 0) is 117 Å². The van der Waals surface area contributed by atoms with Crippen molar-refractivity contribution in [3.05, 3.63) is 111 Å². The van der Waals surface area contributed by atoms with Gasteiger partial charge in [-0.3, -0.25) is 9.59 Å². The number of nitrogens with one attached hydrogen (secondary N) is 2. The van der Waals surface area contributed by atoms with Crippen LogP contribution in [0.3, 0.4) is 0 Å². The molecule has 9 nitrogen and oxygen atoms in total. The Morgan fingerprint density at radius 1 is 0.957 bits per heavy atom. The van der Waals surface area contributed by atoms with Gasteiger partial charge >= 0.3 is 5.97 Å². The van der Waals surface area contributed by atoms with Crippen LogP contribution in [0.15, 0.2) is 77.9 Å². The molecule has 1 aliphatic carbocycles. The molecule has 46 heavy (non-hydrogen) atoms. The standard InChI is InChI=1S/C35H34ClN3O6S/c1-3-43-35(42)31-29-6-4-5-7-30(29)46-34(31)38-33(41)25-12-18-28(19-13-25)45-22(2)32(40)39-37-20-23-10-16-27(17-11-23)44-21-24-8-14-26(36)15-9-24/h8-20,22H,3-7,21H2,1-2H3,(H,38,41)(H,39,40)/b37-20-/t22-/m0/s1. The third-order valence-electron chi connectivity index (χ3n) is 7.26. The van der Waals surface area contributed by atoms with Crippen LogP contribution in [-0.2, 0) is 29.0 Å². The van der Waals surface area contributed by atoms with Crippen LogP contribution in [0, 0.1) is 0 Å². The molecule has 4 aromatic rings. The summed E-state index contributed by atoms with van der Waals surface area (Å²) < 4.78 is 16.8. The molecule has 1 heterocycles. The van der Waals surface area contributed by atoms with Gasteiger partial charge in [0.05, 0.1) is 18.4 Å². The molecule has 5 rings (SSSR count). The molecule has 0 fully saturated rings. The van der Waals surface area contributed by atoms with Crippen molar-refractivity contribution in [3.8, 4) is 11.5 Å². The molecule has 0 bridgehead atoms. The normalized spacial score (nSPS) is 13.0. The van der Waals surface area contributed by atoms with Crippen molar-refractivity contribution >= 4 is 51.9 Å². The Bertz CT molecular complexity index is 1700. The number of thiophene rings is 1. The van der Waals surface area contributed by atoms with Gasteiger partial charge in [0.25, 0.3) is 11.8 Å². The summed E-state index contributed by atoms with van der Waals surface area (Å²) in [4.78, 5) is 39.4. The van der Waals surface area contributed by atoms with Crippen molar-refractivity contribution < 1.29 is 28.6 Å². The molecule has 0 spiro atoms. The average molecular weight is 660 g/mol. The summed E-state index contributed by atoms with van der Waals surface area (Å²) in [6, 6.07) is 21.2. The summed E-state index contributed by atoms with van der Waals surface area (Å²) >= 11 is 7.36. The number of benzene rings is 3. The predicted molar refractivity (Wildman–Crippen MR) is 179 cm³/mol. The van der Waals surface area contributed by atoms with E-state index in [0.29, 0.717) is 39.3 Å². The SMILES string of the molecule is CCOC(=O)c1c(NC(=O)c2ccc(O[C@@H](C)C(=O)N/N=C\c3ccc(OCc4ccc(Cl)cc4)cc3)cc2)sc2c1CCCC2. The van der Waals surface area contributed by atoms with Crippen LogP contribution in [0.4, 0.5) is 5.00 Å². The van der Waals surface area contributed by atoms with Crippen LogP contribution in [0.2, 0.25) is 5.02 Å². The molecular formula is C35H34ClN3O6S. The molecule has 0 saturated heterocycles. The molecule has 0 saturated carbocycles. The molecule has 3 aromatic carbocycles. The third kappa shape index (κ3) is 8.52. The Morgan fingerprint density at radius 2 is 1.65 bits per heavy atom. The maximum atomic E-state index is 13.1. The number of hydrazone groups is 1. The number of amides is 2. The molecule has 11 heteroatoms. The molecule has 2 N–H and O–H groups in total. The largest absolute Gasteiger partial charge is 0.489 e. The summed E-state index contributed by atoms with van der Waals surface area (Å²) in [6.45, 7) is 4.05. The summed E-state index contributed by atoms with van der Waals surface area (Å²) in [5.74, 6) is -0.0816. The number of ether oxygens (including phenoxy) is 3. The molecule has 238 valence electrons. The molecule has 0 unspecified atom stereocenters. The zero-order chi connectivity index (χ0) is 32.5. The summed E-state index contributed by atoms with van der Waals surface area (Å²) in [5.41, 5.74) is 6.10. The first-order valence-electron chi connectivity index (χ1n) is 15.0. The maximum Gasteiger partial charge on any atom is 0.341 e. The van der Waals surface area contributed by atoms with E-state index < -0.39 is 18.0 Å². The summed E-state index contributed by atoms with van der Waals surface area (Å²) in [6.07, 6.45) is 4.44. The number of hydrogen-bond donors (Lipinski definition) is 2. The van der Waals surface area contributed by atoms with Crippen LogP contribution < -0.4 is 20.2 Å². The highest BCUT2D eigenvalue weighted by molar-refractivity contribution is 7.17. The number of carbonyl (C=O) groups is 3. The minimum Gasteiger partial charge on any atom is -0.489 e. The number of esters is 1. The Labute approximate surface area is 276 Å². The van der Waals surface area contributed by atoms with Crippen molar-refractivity contribution in [1.82, 2.24) is 5.43 Å². The molecule has 1 aromatic heterocycles. The molecule has 2 amide bonds. The fourth-order valence-corrected chi connectivity index (χ4v) is 6.25. The van der Waals surface area contributed by atoms with Gasteiger partial charge in [-0.1, -0.05) is 23.7 Å². The Balaban J connectivity index is 1.10. The first kappa shape index (κ1) is 32.7. The minimum atomic E-state index is -0.843. The minimum absolute atomic E-state index is 0.262. The lowest BCUT2D eigenvalue weighted by Gasteiger charge is -2.13. The van der Waals surface area contributed by atoms with E-state index in [1.807, 2.05) is 48.5 Å². The number of fused-ring (bicyclic) bond motifs is 1. The molecular weight excluding hydrogens is 626 g/mol. The fourth-order valence-electron chi connectivity index (χ4n) is 4.85. The molecule has 0 radical (unpaired) electrons. The van der Waals surface area contributed by atoms with Crippen LogP contribution >= 0.6 is 22.9 Å². The zero-order valence-corrected chi connectivity index (χ0v) is 27.1. The second-order valence-electron chi connectivity index (χ2n) is 10.6. The van der Waals surface area contributed by atoms with Crippen molar-refractivity contribution in [2.45, 2.75) is 52.2 Å². The average Bonchev–Trinajstić information content (AvgIpc) is 3.43. The van der Waals surface area contributed by atoms with E-state index in [-0.39, 0.29) is 12.5 Å². The van der Waals surface area contributed by atoms with E-state index in [4.69, 9.17) is 25.8 Å². The number of aryl methyl sites for hydroxylation is 1. The first-order chi connectivity index (χ1) is 22.3. The van der Waals surface area contributed by atoms with E-state index >= 15 is 0 Å². The second-order valence-corrected chi connectivity index (χ2v) is 12.1. The highest BCUT2D eigenvalue weighted by Gasteiger charge is 2.27. The molecule has 1 atom stereocenters. The van der Waals surface area contributed by atoms with Crippen LogP contribution in [0.25, 0.3) is 0 Å². The first-order valence-corrected chi connectivity index (χ1v) is 16.2. The fraction of sp³-hybridized carbons (Fsp3) is 0.257. The van der Waals surface area contributed by atoms with Crippen molar-refractivity contribution in [2.24, 2.45) is 5.10 Å². The zero-order valence-electron chi connectivity index (χ0n) is 25.5. The lowest BCUT2D eigenvalue weighted by molar-refractivity contribution is -0.127. The van der Waals surface area contributed by atoms with E-state index in [2.05, 4.69) is 15.8 Å². The highest BCUT2D eigenvalue weighted by Crippen LogP contribution is 2.39. The Hall–Kier alpha value is -4.67. The van der Waals surface area contributed by atoms with Gasteiger partial charge in [-0.15, -0.1) is 11.3 Å². The Morgan fingerprint density at radius 3 is 2.37 bits per heavy atom. The van der Waals surface area contributed by atoms with E-state index in [1.165, 1.54) is 17.6 Å². The maximum absolute atomic E-state index is 13.1. The van der Waals surface area contributed by atoms with Gasteiger partial charge in [-0.25, -0.2) is 10.2 Å². The third-order valence-corrected chi connectivity index (χ3v) is 8.72. The summed E-state index contributed by atoms with van der Waals surface area (Å²) in [5, 5.41) is 8.12. The second kappa shape index (κ2) is 15.6. The van der Waals surface area contributed by atoms with Crippen LogP contribution in [-0.4, -0.2) is 36.7 Å². The lowest BCUT2D eigenvalue weighted by Crippen LogP contribution is -2.33. The van der Waals surface area contributed by atoms with Gasteiger partial charge in [-0.2, -0.15) is 5.10 Å². The smallest absolute Gasteiger partial charge is 0.341 e.